The molecule has 162 valence electrons. The van der Waals surface area contributed by atoms with Gasteiger partial charge < -0.3 is 9.64 Å². The molecule has 6 nitrogen and oxygen atoms in total. The van der Waals surface area contributed by atoms with Crippen LogP contribution in [0.3, 0.4) is 0 Å². The Hall–Kier alpha value is -3.71. The summed E-state index contributed by atoms with van der Waals surface area (Å²) in [5, 5.41) is 6.80. The SMILES string of the molecule is CC(=O)c1ccc(OCC(=O)N(C)Cc2cn(-c3ccccc3)nc2-c2cccs2)cc1. The van der Waals surface area contributed by atoms with Gasteiger partial charge in [-0.1, -0.05) is 24.3 Å². The quantitative estimate of drug-likeness (QED) is 0.364. The van der Waals surface area contributed by atoms with Crippen LogP contribution in [-0.2, 0) is 11.3 Å². The summed E-state index contributed by atoms with van der Waals surface area (Å²) in [6.07, 6.45) is 1.97. The van der Waals surface area contributed by atoms with E-state index in [1.165, 1.54) is 6.92 Å². The van der Waals surface area contributed by atoms with E-state index in [2.05, 4.69) is 0 Å². The van der Waals surface area contributed by atoms with E-state index in [4.69, 9.17) is 9.84 Å². The van der Waals surface area contributed by atoms with Gasteiger partial charge in [-0.25, -0.2) is 4.68 Å². The van der Waals surface area contributed by atoms with Gasteiger partial charge in [0.15, 0.2) is 12.4 Å². The third-order valence-electron chi connectivity index (χ3n) is 5.02. The topological polar surface area (TPSA) is 64.4 Å². The number of rotatable bonds is 8. The molecule has 0 bridgehead atoms. The van der Waals surface area contributed by atoms with Crippen LogP contribution in [0.4, 0.5) is 0 Å². The Morgan fingerprint density at radius 3 is 2.44 bits per heavy atom. The maximum atomic E-state index is 12.7. The van der Waals surface area contributed by atoms with Gasteiger partial charge in [-0.15, -0.1) is 11.3 Å². The zero-order valence-electron chi connectivity index (χ0n) is 17.9. The predicted molar refractivity (Wildman–Crippen MR) is 125 cm³/mol. The summed E-state index contributed by atoms with van der Waals surface area (Å²) in [6.45, 7) is 1.83. The standard InChI is InChI=1S/C25H23N3O3S/c1-18(29)19-10-12-22(13-11-19)31-17-24(30)27(2)15-20-16-28(21-7-4-3-5-8-21)26-25(20)23-9-6-14-32-23/h3-14,16H,15,17H2,1-2H3. The van der Waals surface area contributed by atoms with E-state index in [1.54, 1.807) is 47.5 Å². The lowest BCUT2D eigenvalue weighted by Gasteiger charge is -2.17. The maximum Gasteiger partial charge on any atom is 0.260 e. The first-order valence-corrected chi connectivity index (χ1v) is 11.0. The van der Waals surface area contributed by atoms with E-state index in [9.17, 15) is 9.59 Å². The molecule has 0 spiro atoms. The number of hydrogen-bond donors (Lipinski definition) is 0. The second kappa shape index (κ2) is 9.62. The molecule has 4 rings (SSSR count). The van der Waals surface area contributed by atoms with Crippen LogP contribution in [0.1, 0.15) is 22.8 Å². The normalized spacial score (nSPS) is 10.7. The number of carbonyl (C=O) groups excluding carboxylic acids is 2. The molecule has 0 N–H and O–H groups in total. The summed E-state index contributed by atoms with van der Waals surface area (Å²) in [4.78, 5) is 26.8. The number of para-hydroxylation sites is 1. The first kappa shape index (κ1) is 21.5. The molecule has 0 fully saturated rings. The molecule has 0 saturated heterocycles. The second-order valence-corrected chi connectivity index (χ2v) is 8.33. The number of amides is 1. The summed E-state index contributed by atoms with van der Waals surface area (Å²) >= 11 is 1.62. The number of thiophene rings is 1. The maximum absolute atomic E-state index is 12.7. The molecule has 2 heterocycles. The van der Waals surface area contributed by atoms with E-state index in [-0.39, 0.29) is 18.3 Å². The third-order valence-corrected chi connectivity index (χ3v) is 5.90. The highest BCUT2D eigenvalue weighted by Crippen LogP contribution is 2.28. The summed E-state index contributed by atoms with van der Waals surface area (Å²) in [6, 6.07) is 20.7. The van der Waals surface area contributed by atoms with Gasteiger partial charge in [-0.3, -0.25) is 9.59 Å². The zero-order valence-corrected chi connectivity index (χ0v) is 18.7. The number of ether oxygens (including phenoxy) is 1. The van der Waals surface area contributed by atoms with Gasteiger partial charge in [0.05, 0.1) is 10.6 Å². The minimum absolute atomic E-state index is 0.00930. The Balaban J connectivity index is 1.47. The molecular weight excluding hydrogens is 422 g/mol. The van der Waals surface area contributed by atoms with Gasteiger partial charge in [0.1, 0.15) is 11.4 Å². The Morgan fingerprint density at radius 1 is 1.03 bits per heavy atom. The second-order valence-electron chi connectivity index (χ2n) is 7.38. The van der Waals surface area contributed by atoms with Crippen LogP contribution in [0, 0.1) is 0 Å². The molecule has 4 aromatic rings. The molecule has 2 aromatic carbocycles. The number of ketones is 1. The van der Waals surface area contributed by atoms with Crippen molar-refractivity contribution in [1.82, 2.24) is 14.7 Å². The summed E-state index contributed by atoms with van der Waals surface area (Å²) in [7, 11) is 1.75. The highest BCUT2D eigenvalue weighted by Gasteiger charge is 2.18. The number of aromatic nitrogens is 2. The summed E-state index contributed by atoms with van der Waals surface area (Å²) in [5.41, 5.74) is 3.39. The van der Waals surface area contributed by atoms with Crippen LogP contribution in [0.15, 0.2) is 78.3 Å². The van der Waals surface area contributed by atoms with Crippen molar-refractivity contribution in [3.8, 4) is 22.0 Å². The van der Waals surface area contributed by atoms with Crippen molar-refractivity contribution in [2.45, 2.75) is 13.5 Å². The number of carbonyl (C=O) groups is 2. The van der Waals surface area contributed by atoms with Gasteiger partial charge in [0.2, 0.25) is 0 Å². The van der Waals surface area contributed by atoms with Crippen molar-refractivity contribution in [2.24, 2.45) is 0 Å². The van der Waals surface area contributed by atoms with Crippen LogP contribution in [0.2, 0.25) is 0 Å². The molecule has 7 heteroatoms. The van der Waals surface area contributed by atoms with Crippen molar-refractivity contribution in [2.75, 3.05) is 13.7 Å². The molecule has 1 amide bonds. The zero-order chi connectivity index (χ0) is 22.5. The Labute approximate surface area is 190 Å². The first-order valence-electron chi connectivity index (χ1n) is 10.2. The predicted octanol–water partition coefficient (Wildman–Crippen LogP) is 4.84. The molecule has 0 radical (unpaired) electrons. The van der Waals surface area contributed by atoms with E-state index in [0.29, 0.717) is 17.9 Å². The fourth-order valence-corrected chi connectivity index (χ4v) is 3.99. The van der Waals surface area contributed by atoms with Gasteiger partial charge in [0, 0.05) is 30.9 Å². The van der Waals surface area contributed by atoms with Gasteiger partial charge in [0.25, 0.3) is 5.91 Å². The van der Waals surface area contributed by atoms with Crippen molar-refractivity contribution in [3.63, 3.8) is 0 Å². The number of nitrogens with zero attached hydrogens (tertiary/aromatic N) is 3. The molecule has 32 heavy (non-hydrogen) atoms. The Kier molecular flexibility index (Phi) is 6.47. The average molecular weight is 446 g/mol. The lowest BCUT2D eigenvalue weighted by molar-refractivity contribution is -0.132. The molecule has 0 aliphatic heterocycles. The number of likely N-dealkylation sites (N-methyl/N-ethyl adjacent to an activating group) is 1. The van der Waals surface area contributed by atoms with Crippen LogP contribution in [0.25, 0.3) is 16.3 Å². The van der Waals surface area contributed by atoms with Crippen molar-refractivity contribution in [3.05, 3.63) is 89.4 Å². The van der Waals surface area contributed by atoms with Crippen molar-refractivity contribution < 1.29 is 14.3 Å². The largest absolute Gasteiger partial charge is 0.484 e. The van der Waals surface area contributed by atoms with E-state index < -0.39 is 0 Å². The Bertz CT molecular complexity index is 1200. The average Bonchev–Trinajstić information content (AvgIpc) is 3.48. The number of hydrogen-bond acceptors (Lipinski definition) is 5. The fraction of sp³-hybridized carbons (Fsp3) is 0.160. The van der Waals surface area contributed by atoms with Crippen LogP contribution >= 0.6 is 11.3 Å². The molecular formula is C25H23N3O3S. The lowest BCUT2D eigenvalue weighted by Crippen LogP contribution is -2.31. The molecule has 2 aromatic heterocycles. The molecule has 0 atom stereocenters. The van der Waals surface area contributed by atoms with Crippen molar-refractivity contribution >= 4 is 23.0 Å². The molecule has 0 aliphatic rings. The van der Waals surface area contributed by atoms with Gasteiger partial charge in [-0.2, -0.15) is 5.10 Å². The monoisotopic (exact) mass is 445 g/mol. The highest BCUT2D eigenvalue weighted by molar-refractivity contribution is 7.13. The summed E-state index contributed by atoms with van der Waals surface area (Å²) < 4.78 is 7.46. The van der Waals surface area contributed by atoms with Crippen molar-refractivity contribution in [1.29, 1.82) is 0 Å². The minimum Gasteiger partial charge on any atom is -0.484 e. The molecule has 0 aliphatic carbocycles. The smallest absolute Gasteiger partial charge is 0.260 e. The van der Waals surface area contributed by atoms with Gasteiger partial charge >= 0.3 is 0 Å². The van der Waals surface area contributed by atoms with Crippen LogP contribution in [0.5, 0.6) is 5.75 Å². The first-order chi connectivity index (χ1) is 15.5. The van der Waals surface area contributed by atoms with Gasteiger partial charge in [-0.05, 0) is 54.8 Å². The fourth-order valence-electron chi connectivity index (χ4n) is 3.24. The molecule has 0 saturated carbocycles. The van der Waals surface area contributed by atoms with E-state index >= 15 is 0 Å². The molecule has 0 unspecified atom stereocenters. The van der Waals surface area contributed by atoms with E-state index in [0.717, 1.165) is 21.8 Å². The highest BCUT2D eigenvalue weighted by atomic mass is 32.1. The van der Waals surface area contributed by atoms with Crippen LogP contribution < -0.4 is 4.74 Å². The van der Waals surface area contributed by atoms with E-state index in [1.807, 2.05) is 58.7 Å². The van der Waals surface area contributed by atoms with Crippen LogP contribution in [-0.4, -0.2) is 40.0 Å². The number of benzene rings is 2. The minimum atomic E-state index is -0.148. The number of Topliss-reactive ketones (excluding diaryl/α,β-unsaturated/α-hetero) is 1. The Morgan fingerprint density at radius 2 is 1.78 bits per heavy atom. The lowest BCUT2D eigenvalue weighted by atomic mass is 10.1. The third kappa shape index (κ3) is 4.95. The summed E-state index contributed by atoms with van der Waals surface area (Å²) in [5.74, 6) is 0.392.